The summed E-state index contributed by atoms with van der Waals surface area (Å²) in [5.41, 5.74) is 0.782. The van der Waals surface area contributed by atoms with E-state index in [0.717, 1.165) is 18.2 Å². The predicted octanol–water partition coefficient (Wildman–Crippen LogP) is 2.52. The van der Waals surface area contributed by atoms with E-state index in [2.05, 4.69) is 4.99 Å². The average molecular weight is 419 g/mol. The number of nitro benzene ring substituents is 1. The van der Waals surface area contributed by atoms with Gasteiger partial charge in [-0.1, -0.05) is 25.7 Å². The Morgan fingerprint density at radius 2 is 1.76 bits per heavy atom. The van der Waals surface area contributed by atoms with Crippen LogP contribution in [0.3, 0.4) is 0 Å². The van der Waals surface area contributed by atoms with Crippen LogP contribution in [0.4, 0.5) is 17.1 Å². The van der Waals surface area contributed by atoms with Gasteiger partial charge < -0.3 is 10.0 Å². The highest BCUT2D eigenvalue weighted by molar-refractivity contribution is 7.89. The van der Waals surface area contributed by atoms with Crippen molar-refractivity contribution in [2.45, 2.75) is 18.7 Å². The number of hydrogen-bond acceptors (Lipinski definition) is 7. The molecule has 0 saturated heterocycles. The maximum absolute atomic E-state index is 12.8. The average Bonchev–Trinajstić information content (AvgIpc) is 2.67. The number of nitrogens with zero attached hydrogens (tertiary/aromatic N) is 4. The Morgan fingerprint density at radius 1 is 1.10 bits per heavy atom. The van der Waals surface area contributed by atoms with E-state index in [-0.39, 0.29) is 16.1 Å². The van der Waals surface area contributed by atoms with Crippen molar-refractivity contribution in [1.29, 1.82) is 0 Å². The number of non-ortho nitro benzene ring substituents is 1. The molecule has 2 aromatic rings. The van der Waals surface area contributed by atoms with Gasteiger partial charge in [0.25, 0.3) is 5.69 Å². The van der Waals surface area contributed by atoms with Crippen LogP contribution < -0.4 is 10.0 Å². The molecule has 0 amide bonds. The predicted molar refractivity (Wildman–Crippen MR) is 111 cm³/mol. The summed E-state index contributed by atoms with van der Waals surface area (Å²) in [5.74, 6) is -0.419. The Balaban J connectivity index is 2.55. The first-order chi connectivity index (χ1) is 13.6. The van der Waals surface area contributed by atoms with Crippen LogP contribution in [0.25, 0.3) is 0 Å². The van der Waals surface area contributed by atoms with Gasteiger partial charge in [0, 0.05) is 45.5 Å². The van der Waals surface area contributed by atoms with Gasteiger partial charge >= 0.3 is 0 Å². The normalized spacial score (nSPS) is 11.9. The molecule has 0 N–H and O–H groups in total. The monoisotopic (exact) mass is 419 g/mol. The Bertz CT molecular complexity index is 1030. The van der Waals surface area contributed by atoms with Crippen LogP contribution in [0.2, 0.25) is 0 Å². The summed E-state index contributed by atoms with van der Waals surface area (Å²) in [4.78, 5) is 16.5. The van der Waals surface area contributed by atoms with Crippen molar-refractivity contribution in [3.8, 4) is 5.75 Å². The first kappa shape index (κ1) is 22.3. The van der Waals surface area contributed by atoms with Crippen molar-refractivity contribution in [3.63, 3.8) is 0 Å². The van der Waals surface area contributed by atoms with Gasteiger partial charge in [-0.05, 0) is 23.8 Å². The topological polar surface area (TPSA) is 119 Å². The van der Waals surface area contributed by atoms with Crippen LogP contribution in [-0.2, 0) is 10.0 Å². The Labute approximate surface area is 170 Å². The molecule has 0 aliphatic rings. The maximum atomic E-state index is 12.8. The van der Waals surface area contributed by atoms with Crippen molar-refractivity contribution in [1.82, 2.24) is 4.31 Å². The molecule has 0 spiro atoms. The molecule has 156 valence electrons. The lowest BCUT2D eigenvalue weighted by molar-refractivity contribution is -0.385. The van der Waals surface area contributed by atoms with Gasteiger partial charge in [-0.15, -0.1) is 0 Å². The largest absolute Gasteiger partial charge is 0.872 e. The Morgan fingerprint density at radius 3 is 2.31 bits per heavy atom. The number of aliphatic imine (C=N–C) groups is 1. The second kappa shape index (κ2) is 9.01. The number of benzene rings is 2. The van der Waals surface area contributed by atoms with E-state index in [1.807, 2.05) is 0 Å². The van der Waals surface area contributed by atoms with Gasteiger partial charge in [-0.25, -0.2) is 8.42 Å². The van der Waals surface area contributed by atoms with Crippen LogP contribution in [-0.4, -0.2) is 51.0 Å². The van der Waals surface area contributed by atoms with Crippen molar-refractivity contribution >= 4 is 33.3 Å². The molecule has 0 fully saturated rings. The summed E-state index contributed by atoms with van der Waals surface area (Å²) in [6, 6.07) is 7.94. The van der Waals surface area contributed by atoms with Crippen LogP contribution in [0.5, 0.6) is 5.75 Å². The van der Waals surface area contributed by atoms with E-state index in [1.165, 1.54) is 22.7 Å². The van der Waals surface area contributed by atoms with Gasteiger partial charge in [0.05, 0.1) is 21.2 Å². The van der Waals surface area contributed by atoms with E-state index in [1.54, 1.807) is 38.9 Å². The minimum Gasteiger partial charge on any atom is -0.872 e. The van der Waals surface area contributed by atoms with Crippen molar-refractivity contribution in [2.24, 2.45) is 4.99 Å². The fraction of sp³-hybridized carbons (Fsp3) is 0.316. The summed E-state index contributed by atoms with van der Waals surface area (Å²) < 4.78 is 27.0. The summed E-state index contributed by atoms with van der Waals surface area (Å²) in [6.45, 7) is 4.18. The SMILES string of the molecule is CCN(CC)S(=O)(=O)c1ccc(N(C)C)c(N=Cc2cc([N+](=O)[O-])ccc2[O-])c1. The molecule has 10 heteroatoms. The molecule has 0 atom stereocenters. The number of sulfonamides is 1. The van der Waals surface area contributed by atoms with Crippen molar-refractivity contribution in [2.75, 3.05) is 32.1 Å². The van der Waals surface area contributed by atoms with Gasteiger partial charge in [-0.3, -0.25) is 15.1 Å². The van der Waals surface area contributed by atoms with Crippen LogP contribution >= 0.6 is 0 Å². The van der Waals surface area contributed by atoms with Gasteiger partial charge in [0.1, 0.15) is 0 Å². The molecule has 0 aliphatic heterocycles. The summed E-state index contributed by atoms with van der Waals surface area (Å²) in [5, 5.41) is 22.9. The van der Waals surface area contributed by atoms with Crippen LogP contribution in [0.15, 0.2) is 46.3 Å². The zero-order valence-corrected chi connectivity index (χ0v) is 17.5. The summed E-state index contributed by atoms with van der Waals surface area (Å²) >= 11 is 0. The zero-order chi connectivity index (χ0) is 21.8. The molecular weight excluding hydrogens is 396 g/mol. The van der Waals surface area contributed by atoms with Gasteiger partial charge in [0.2, 0.25) is 10.0 Å². The first-order valence-electron chi connectivity index (χ1n) is 8.92. The number of anilines is 1. The van der Waals surface area contributed by atoms with E-state index in [0.29, 0.717) is 24.5 Å². The maximum Gasteiger partial charge on any atom is 0.270 e. The lowest BCUT2D eigenvalue weighted by Gasteiger charge is -2.20. The number of hydrogen-bond donors (Lipinski definition) is 0. The quantitative estimate of drug-likeness (QED) is 0.368. The summed E-state index contributed by atoms with van der Waals surface area (Å²) in [7, 11) is -0.131. The standard InChI is InChI=1S/C19H24N4O5S/c1-5-22(6-2)29(27,28)16-8-9-18(21(3)4)17(12-16)20-13-14-11-15(23(25)26)7-10-19(14)24/h7-13,24H,5-6H2,1-4H3/p-1. The molecule has 0 aromatic heterocycles. The van der Waals surface area contributed by atoms with Crippen LogP contribution in [0, 0.1) is 10.1 Å². The van der Waals surface area contributed by atoms with E-state index >= 15 is 0 Å². The Hall–Kier alpha value is -2.98. The second-order valence-corrected chi connectivity index (χ2v) is 8.31. The molecule has 0 unspecified atom stereocenters. The highest BCUT2D eigenvalue weighted by atomic mass is 32.2. The number of rotatable bonds is 8. The fourth-order valence-electron chi connectivity index (χ4n) is 2.75. The van der Waals surface area contributed by atoms with Crippen molar-refractivity contribution < 1.29 is 18.4 Å². The van der Waals surface area contributed by atoms with Crippen LogP contribution in [0.1, 0.15) is 19.4 Å². The molecule has 2 aromatic carbocycles. The molecular formula is C19H23N4O5S-. The molecule has 29 heavy (non-hydrogen) atoms. The lowest BCUT2D eigenvalue weighted by Crippen LogP contribution is -2.30. The molecule has 9 nitrogen and oxygen atoms in total. The summed E-state index contributed by atoms with van der Waals surface area (Å²) in [6.07, 6.45) is 1.21. The van der Waals surface area contributed by atoms with Crippen molar-refractivity contribution in [3.05, 3.63) is 52.1 Å². The third-order valence-corrected chi connectivity index (χ3v) is 6.36. The molecule has 0 radical (unpaired) electrons. The molecule has 0 aliphatic carbocycles. The number of nitro groups is 1. The lowest BCUT2D eigenvalue weighted by atomic mass is 10.2. The minimum absolute atomic E-state index is 0.0425. The first-order valence-corrected chi connectivity index (χ1v) is 10.4. The Kier molecular flexibility index (Phi) is 6.93. The minimum atomic E-state index is -3.69. The molecule has 0 heterocycles. The van der Waals surface area contributed by atoms with E-state index < -0.39 is 20.7 Å². The molecule has 0 bridgehead atoms. The highest BCUT2D eigenvalue weighted by Gasteiger charge is 2.22. The van der Waals surface area contributed by atoms with Gasteiger partial charge in [0.15, 0.2) is 0 Å². The highest BCUT2D eigenvalue weighted by Crippen LogP contribution is 2.32. The van der Waals surface area contributed by atoms with E-state index in [4.69, 9.17) is 0 Å². The third-order valence-electron chi connectivity index (χ3n) is 4.32. The second-order valence-electron chi connectivity index (χ2n) is 6.37. The molecule has 0 saturated carbocycles. The fourth-order valence-corrected chi connectivity index (χ4v) is 4.23. The third kappa shape index (κ3) is 4.90. The zero-order valence-electron chi connectivity index (χ0n) is 16.7. The van der Waals surface area contributed by atoms with Gasteiger partial charge in [-0.2, -0.15) is 4.31 Å². The molecule has 2 rings (SSSR count). The smallest absolute Gasteiger partial charge is 0.270 e. The van der Waals surface area contributed by atoms with E-state index in [9.17, 15) is 23.6 Å².